The minimum Gasteiger partial charge on any atom is -0.465 e. The first kappa shape index (κ1) is 14.7. The van der Waals surface area contributed by atoms with E-state index in [2.05, 4.69) is 5.32 Å². The predicted molar refractivity (Wildman–Crippen MR) is 69.5 cm³/mol. The Balaban J connectivity index is 2.81. The van der Waals surface area contributed by atoms with Gasteiger partial charge in [0, 0.05) is 31.0 Å². The van der Waals surface area contributed by atoms with Crippen LogP contribution < -0.4 is 5.32 Å². The number of aliphatic hydroxyl groups excluding tert-OH is 1. The molecular weight excluding hydrogens is 232 g/mol. The molecule has 0 aliphatic carbocycles. The summed E-state index contributed by atoms with van der Waals surface area (Å²) in [6.07, 6.45) is 0.865. The van der Waals surface area contributed by atoms with E-state index in [1.54, 1.807) is 0 Å². The molecule has 0 amide bonds. The smallest absolute Gasteiger partial charge is 0.339 e. The van der Waals surface area contributed by atoms with Gasteiger partial charge < -0.3 is 19.7 Å². The predicted octanol–water partition coefficient (Wildman–Crippen LogP) is 0.981. The third kappa shape index (κ3) is 3.11. The average molecular weight is 254 g/mol. The molecule has 1 aromatic heterocycles. The molecule has 0 unspecified atom stereocenters. The number of methoxy groups -OCH3 is 1. The van der Waals surface area contributed by atoms with Crippen molar-refractivity contribution in [3.8, 4) is 0 Å². The number of rotatable bonds is 6. The van der Waals surface area contributed by atoms with E-state index < -0.39 is 0 Å². The van der Waals surface area contributed by atoms with Crippen LogP contribution in [0.15, 0.2) is 6.07 Å². The van der Waals surface area contributed by atoms with E-state index in [4.69, 9.17) is 9.84 Å². The van der Waals surface area contributed by atoms with Crippen molar-refractivity contribution in [3.05, 3.63) is 23.0 Å². The van der Waals surface area contributed by atoms with Crippen LogP contribution in [0.4, 0.5) is 0 Å². The fourth-order valence-corrected chi connectivity index (χ4v) is 1.84. The van der Waals surface area contributed by atoms with E-state index in [9.17, 15) is 4.79 Å². The van der Waals surface area contributed by atoms with Crippen LogP contribution in [0, 0.1) is 6.92 Å². The maximum Gasteiger partial charge on any atom is 0.339 e. The van der Waals surface area contributed by atoms with Crippen LogP contribution in [0.1, 0.15) is 35.1 Å². The molecule has 5 heteroatoms. The van der Waals surface area contributed by atoms with Crippen LogP contribution in [0.3, 0.4) is 0 Å². The molecule has 0 radical (unpaired) electrons. The van der Waals surface area contributed by atoms with E-state index >= 15 is 0 Å². The normalized spacial score (nSPS) is 12.5. The zero-order chi connectivity index (χ0) is 13.7. The Morgan fingerprint density at radius 3 is 2.78 bits per heavy atom. The summed E-state index contributed by atoms with van der Waals surface area (Å²) < 4.78 is 6.70. The Kier molecular flexibility index (Phi) is 5.37. The molecule has 102 valence electrons. The van der Waals surface area contributed by atoms with Gasteiger partial charge in [0.15, 0.2) is 0 Å². The first-order chi connectivity index (χ1) is 8.54. The molecule has 1 heterocycles. The molecule has 0 aliphatic heterocycles. The van der Waals surface area contributed by atoms with Gasteiger partial charge in [0.2, 0.25) is 0 Å². The zero-order valence-corrected chi connectivity index (χ0v) is 11.5. The number of nitrogens with one attached hydrogen (secondary N) is 1. The van der Waals surface area contributed by atoms with E-state index in [0.29, 0.717) is 12.1 Å². The summed E-state index contributed by atoms with van der Waals surface area (Å²) in [7, 11) is 3.30. The minimum absolute atomic E-state index is 0.0850. The molecule has 5 nitrogen and oxygen atoms in total. The number of carbonyl (C=O) groups is 1. The molecule has 1 atom stereocenters. The van der Waals surface area contributed by atoms with Crippen LogP contribution in [0.25, 0.3) is 0 Å². The third-order valence-electron chi connectivity index (χ3n) is 3.33. The molecular formula is C13H22N2O3. The lowest BCUT2D eigenvalue weighted by Gasteiger charge is -2.14. The lowest BCUT2D eigenvalue weighted by molar-refractivity contribution is 0.0600. The standard InChI is InChI=1S/C13H22N2O3/c1-5-10(8-16)14-7-11-6-12(13(17)18-4)9(2)15(11)3/h6,10,14,16H,5,7-8H2,1-4H3/t10-/m0/s1. The second-order valence-electron chi connectivity index (χ2n) is 4.35. The topological polar surface area (TPSA) is 63.5 Å². The Morgan fingerprint density at radius 2 is 2.28 bits per heavy atom. The van der Waals surface area contributed by atoms with Crippen LogP contribution in [-0.2, 0) is 18.3 Å². The molecule has 0 aromatic carbocycles. The SMILES string of the molecule is CC[C@@H](CO)NCc1cc(C(=O)OC)c(C)n1C. The molecule has 2 N–H and O–H groups in total. The summed E-state index contributed by atoms with van der Waals surface area (Å²) in [5.41, 5.74) is 2.48. The van der Waals surface area contributed by atoms with Gasteiger partial charge in [-0.1, -0.05) is 6.92 Å². The summed E-state index contributed by atoms with van der Waals surface area (Å²) in [6, 6.07) is 1.92. The van der Waals surface area contributed by atoms with Crippen LogP contribution >= 0.6 is 0 Å². The molecule has 0 bridgehead atoms. The van der Waals surface area contributed by atoms with E-state index in [1.165, 1.54) is 7.11 Å². The number of aliphatic hydroxyl groups is 1. The quantitative estimate of drug-likeness (QED) is 0.743. The third-order valence-corrected chi connectivity index (χ3v) is 3.33. The second kappa shape index (κ2) is 6.56. The number of esters is 1. The van der Waals surface area contributed by atoms with E-state index in [-0.39, 0.29) is 18.6 Å². The number of hydrogen-bond donors (Lipinski definition) is 2. The summed E-state index contributed by atoms with van der Waals surface area (Å²) >= 11 is 0. The van der Waals surface area contributed by atoms with Crippen molar-refractivity contribution in [2.24, 2.45) is 7.05 Å². The molecule has 0 aliphatic rings. The van der Waals surface area contributed by atoms with Gasteiger partial charge in [-0.2, -0.15) is 0 Å². The van der Waals surface area contributed by atoms with Crippen LogP contribution in [-0.4, -0.2) is 35.4 Å². The average Bonchev–Trinajstić information content (AvgIpc) is 2.67. The molecule has 0 fully saturated rings. The van der Waals surface area contributed by atoms with Crippen molar-refractivity contribution in [1.29, 1.82) is 0 Å². The molecule has 1 aromatic rings. The maximum absolute atomic E-state index is 11.6. The van der Waals surface area contributed by atoms with Gasteiger partial charge in [-0.05, 0) is 19.4 Å². The maximum atomic E-state index is 11.6. The van der Waals surface area contributed by atoms with Crippen LogP contribution in [0.5, 0.6) is 0 Å². The van der Waals surface area contributed by atoms with Crippen molar-refractivity contribution in [2.75, 3.05) is 13.7 Å². The van der Waals surface area contributed by atoms with Gasteiger partial charge in [0.05, 0.1) is 19.3 Å². The Labute approximate surface area is 108 Å². The minimum atomic E-state index is -0.316. The number of aromatic nitrogens is 1. The first-order valence-corrected chi connectivity index (χ1v) is 6.12. The highest BCUT2D eigenvalue weighted by Gasteiger charge is 2.16. The van der Waals surface area contributed by atoms with Crippen molar-refractivity contribution >= 4 is 5.97 Å². The number of carbonyl (C=O) groups excluding carboxylic acids is 1. The van der Waals surface area contributed by atoms with Gasteiger partial charge >= 0.3 is 5.97 Å². The highest BCUT2D eigenvalue weighted by atomic mass is 16.5. The summed E-state index contributed by atoms with van der Waals surface area (Å²) in [5, 5.41) is 12.4. The molecule has 0 spiro atoms. The van der Waals surface area contributed by atoms with Crippen molar-refractivity contribution in [1.82, 2.24) is 9.88 Å². The summed E-state index contributed by atoms with van der Waals surface area (Å²) in [5.74, 6) is -0.316. The van der Waals surface area contributed by atoms with Gasteiger partial charge in [-0.3, -0.25) is 0 Å². The van der Waals surface area contributed by atoms with Crippen molar-refractivity contribution < 1.29 is 14.6 Å². The van der Waals surface area contributed by atoms with E-state index in [0.717, 1.165) is 17.8 Å². The van der Waals surface area contributed by atoms with Gasteiger partial charge in [-0.25, -0.2) is 4.79 Å². The number of nitrogens with zero attached hydrogens (tertiary/aromatic N) is 1. The lowest BCUT2D eigenvalue weighted by Crippen LogP contribution is -2.31. The highest BCUT2D eigenvalue weighted by Crippen LogP contribution is 2.15. The largest absolute Gasteiger partial charge is 0.465 e. The zero-order valence-electron chi connectivity index (χ0n) is 11.5. The Hall–Kier alpha value is -1.33. The molecule has 0 saturated heterocycles. The summed E-state index contributed by atoms with van der Waals surface area (Å²) in [6.45, 7) is 4.64. The van der Waals surface area contributed by atoms with Gasteiger partial charge in [-0.15, -0.1) is 0 Å². The van der Waals surface area contributed by atoms with Gasteiger partial charge in [0.1, 0.15) is 0 Å². The molecule has 1 rings (SSSR count). The summed E-state index contributed by atoms with van der Waals surface area (Å²) in [4.78, 5) is 11.6. The fraction of sp³-hybridized carbons (Fsp3) is 0.615. The van der Waals surface area contributed by atoms with Crippen molar-refractivity contribution in [3.63, 3.8) is 0 Å². The fourth-order valence-electron chi connectivity index (χ4n) is 1.84. The van der Waals surface area contributed by atoms with E-state index in [1.807, 2.05) is 31.5 Å². The first-order valence-electron chi connectivity index (χ1n) is 6.12. The Morgan fingerprint density at radius 1 is 1.61 bits per heavy atom. The number of ether oxygens (including phenoxy) is 1. The molecule has 18 heavy (non-hydrogen) atoms. The van der Waals surface area contributed by atoms with Gasteiger partial charge in [0.25, 0.3) is 0 Å². The van der Waals surface area contributed by atoms with Crippen molar-refractivity contribution in [2.45, 2.75) is 32.9 Å². The second-order valence-corrected chi connectivity index (χ2v) is 4.35. The lowest BCUT2D eigenvalue weighted by atomic mass is 10.2. The highest BCUT2D eigenvalue weighted by molar-refractivity contribution is 5.91. The Bertz CT molecular complexity index is 409. The number of hydrogen-bond acceptors (Lipinski definition) is 4. The van der Waals surface area contributed by atoms with Crippen LogP contribution in [0.2, 0.25) is 0 Å². The monoisotopic (exact) mass is 254 g/mol. The molecule has 0 saturated carbocycles.